The Kier molecular flexibility index (Phi) is 7.32. The van der Waals surface area contributed by atoms with E-state index in [0.29, 0.717) is 5.75 Å². The lowest BCUT2D eigenvalue weighted by atomic mass is 10.0. The summed E-state index contributed by atoms with van der Waals surface area (Å²) >= 11 is 0. The summed E-state index contributed by atoms with van der Waals surface area (Å²) in [5, 5.41) is 3.30. The van der Waals surface area contributed by atoms with Crippen LogP contribution in [0.15, 0.2) is 18.2 Å². The minimum absolute atomic E-state index is 0.195. The quantitative estimate of drug-likeness (QED) is 0.739. The summed E-state index contributed by atoms with van der Waals surface area (Å²) in [6.07, 6.45) is 3.44. The van der Waals surface area contributed by atoms with Gasteiger partial charge in [-0.1, -0.05) is 49.1 Å². The highest BCUT2D eigenvalue weighted by molar-refractivity contribution is 7.85. The molecule has 0 aliphatic carbocycles. The molecule has 0 bridgehead atoms. The third-order valence-electron chi connectivity index (χ3n) is 3.32. The number of benzene rings is 1. The summed E-state index contributed by atoms with van der Waals surface area (Å²) < 4.78 is 12.1. The normalized spacial score (nSPS) is 14.3. The van der Waals surface area contributed by atoms with Crippen LogP contribution >= 0.6 is 0 Å². The fourth-order valence-electron chi connectivity index (χ4n) is 2.34. The molecule has 0 amide bonds. The Morgan fingerprint density at radius 3 is 2.32 bits per heavy atom. The van der Waals surface area contributed by atoms with Crippen LogP contribution < -0.4 is 5.32 Å². The van der Waals surface area contributed by atoms with Gasteiger partial charge < -0.3 is 5.32 Å². The van der Waals surface area contributed by atoms with Crippen LogP contribution in [0.3, 0.4) is 0 Å². The summed E-state index contributed by atoms with van der Waals surface area (Å²) in [6, 6.07) is 6.75. The Morgan fingerprint density at radius 2 is 1.79 bits per heavy atom. The average molecular weight is 281 g/mol. The lowest BCUT2D eigenvalue weighted by Gasteiger charge is -2.17. The molecule has 2 unspecified atom stereocenters. The van der Waals surface area contributed by atoms with Gasteiger partial charge in [0.1, 0.15) is 0 Å². The minimum atomic E-state index is -0.728. The SMILES string of the molecule is CCCCCS(=O)CC(NC)c1cc(C)cc(C)c1. The largest absolute Gasteiger partial charge is 0.312 e. The monoisotopic (exact) mass is 281 g/mol. The molecule has 0 spiro atoms. The number of unbranched alkanes of at least 4 members (excludes halogenated alkanes) is 2. The molecule has 2 nitrogen and oxygen atoms in total. The molecule has 1 aromatic rings. The Balaban J connectivity index is 2.64. The Labute approximate surface area is 120 Å². The van der Waals surface area contributed by atoms with Gasteiger partial charge in [-0.25, -0.2) is 0 Å². The standard InChI is InChI=1S/C16H27NOS/c1-5-6-7-8-19(18)12-16(17-4)15-10-13(2)9-14(3)11-15/h9-11,16-17H,5-8,12H2,1-4H3. The molecule has 1 rings (SSSR count). The van der Waals surface area contributed by atoms with Crippen molar-refractivity contribution >= 4 is 10.8 Å². The molecule has 1 N–H and O–H groups in total. The van der Waals surface area contributed by atoms with E-state index in [4.69, 9.17) is 0 Å². The van der Waals surface area contributed by atoms with Crippen molar-refractivity contribution in [2.45, 2.75) is 46.1 Å². The highest BCUT2D eigenvalue weighted by Crippen LogP contribution is 2.18. The molecule has 0 heterocycles. The number of hydrogen-bond acceptors (Lipinski definition) is 2. The van der Waals surface area contributed by atoms with Crippen molar-refractivity contribution < 1.29 is 4.21 Å². The van der Waals surface area contributed by atoms with Gasteiger partial charge in [0.05, 0.1) is 0 Å². The van der Waals surface area contributed by atoms with Crippen LogP contribution in [0.4, 0.5) is 0 Å². The molecule has 1 aromatic carbocycles. The maximum absolute atomic E-state index is 12.1. The molecule has 0 saturated carbocycles. The zero-order valence-corrected chi connectivity index (χ0v) is 13.5. The van der Waals surface area contributed by atoms with E-state index >= 15 is 0 Å². The molecule has 0 aliphatic rings. The van der Waals surface area contributed by atoms with E-state index in [2.05, 4.69) is 44.3 Å². The van der Waals surface area contributed by atoms with Crippen LogP contribution in [0.25, 0.3) is 0 Å². The summed E-state index contributed by atoms with van der Waals surface area (Å²) in [7, 11) is 1.22. The van der Waals surface area contributed by atoms with Crippen LogP contribution in [-0.2, 0) is 10.8 Å². The molecule has 0 radical (unpaired) electrons. The van der Waals surface area contributed by atoms with Crippen LogP contribution in [0.5, 0.6) is 0 Å². The molecule has 0 fully saturated rings. The molecular weight excluding hydrogens is 254 g/mol. The first-order valence-electron chi connectivity index (χ1n) is 7.17. The Bertz CT molecular complexity index is 397. The second-order valence-corrected chi connectivity index (χ2v) is 6.90. The van der Waals surface area contributed by atoms with E-state index in [1.807, 2.05) is 7.05 Å². The van der Waals surface area contributed by atoms with E-state index in [-0.39, 0.29) is 6.04 Å². The van der Waals surface area contributed by atoms with Crippen molar-refractivity contribution in [2.24, 2.45) is 0 Å². The van der Waals surface area contributed by atoms with Gasteiger partial charge in [-0.3, -0.25) is 4.21 Å². The number of hydrogen-bond donors (Lipinski definition) is 1. The van der Waals surface area contributed by atoms with Gasteiger partial charge in [0, 0.05) is 28.3 Å². The van der Waals surface area contributed by atoms with Crippen LogP contribution in [0, 0.1) is 13.8 Å². The van der Waals surface area contributed by atoms with Crippen molar-refractivity contribution in [1.82, 2.24) is 5.32 Å². The fourth-order valence-corrected chi connectivity index (χ4v) is 3.76. The summed E-state index contributed by atoms with van der Waals surface area (Å²) in [6.45, 7) is 6.40. The highest BCUT2D eigenvalue weighted by Gasteiger charge is 2.13. The van der Waals surface area contributed by atoms with Gasteiger partial charge in [-0.15, -0.1) is 0 Å². The zero-order valence-electron chi connectivity index (χ0n) is 12.7. The van der Waals surface area contributed by atoms with Gasteiger partial charge >= 0.3 is 0 Å². The highest BCUT2D eigenvalue weighted by atomic mass is 32.2. The molecule has 3 heteroatoms. The maximum atomic E-state index is 12.1. The molecule has 0 aromatic heterocycles. The van der Waals surface area contributed by atoms with Gasteiger partial charge in [-0.05, 0) is 32.9 Å². The van der Waals surface area contributed by atoms with Crippen molar-refractivity contribution in [3.05, 3.63) is 34.9 Å². The van der Waals surface area contributed by atoms with Crippen LogP contribution in [0.2, 0.25) is 0 Å². The van der Waals surface area contributed by atoms with Gasteiger partial charge in [0.25, 0.3) is 0 Å². The van der Waals surface area contributed by atoms with Gasteiger partial charge in [0.2, 0.25) is 0 Å². The molecule has 0 aliphatic heterocycles. The Hall–Kier alpha value is -0.670. The van der Waals surface area contributed by atoms with E-state index in [1.54, 1.807) is 0 Å². The van der Waals surface area contributed by atoms with E-state index in [1.165, 1.54) is 29.5 Å². The summed E-state index contributed by atoms with van der Waals surface area (Å²) in [4.78, 5) is 0. The summed E-state index contributed by atoms with van der Waals surface area (Å²) in [5.74, 6) is 1.54. The Morgan fingerprint density at radius 1 is 1.16 bits per heavy atom. The van der Waals surface area contributed by atoms with E-state index < -0.39 is 10.8 Å². The number of nitrogens with one attached hydrogen (secondary N) is 1. The second kappa shape index (κ2) is 8.49. The van der Waals surface area contributed by atoms with Crippen LogP contribution in [0.1, 0.15) is 48.9 Å². The first-order valence-corrected chi connectivity index (χ1v) is 8.66. The molecule has 19 heavy (non-hydrogen) atoms. The second-order valence-electron chi connectivity index (χ2n) is 5.28. The van der Waals surface area contributed by atoms with E-state index in [9.17, 15) is 4.21 Å². The third-order valence-corrected chi connectivity index (χ3v) is 4.77. The minimum Gasteiger partial charge on any atom is -0.312 e. The van der Waals surface area contributed by atoms with Crippen molar-refractivity contribution in [1.29, 1.82) is 0 Å². The third kappa shape index (κ3) is 5.87. The molecule has 0 saturated heterocycles. The average Bonchev–Trinajstić information content (AvgIpc) is 2.35. The topological polar surface area (TPSA) is 29.1 Å². The molecular formula is C16H27NOS. The number of aryl methyl sites for hydroxylation is 2. The first-order chi connectivity index (χ1) is 9.06. The number of rotatable bonds is 8. The summed E-state index contributed by atoms with van der Waals surface area (Å²) in [5.41, 5.74) is 3.79. The van der Waals surface area contributed by atoms with Crippen molar-refractivity contribution in [3.8, 4) is 0 Å². The fraction of sp³-hybridized carbons (Fsp3) is 0.625. The van der Waals surface area contributed by atoms with Gasteiger partial charge in [-0.2, -0.15) is 0 Å². The maximum Gasteiger partial charge on any atom is 0.0434 e. The van der Waals surface area contributed by atoms with Crippen molar-refractivity contribution in [3.63, 3.8) is 0 Å². The predicted octanol–water partition coefficient (Wildman–Crippen LogP) is 3.50. The molecule has 2 atom stereocenters. The predicted molar refractivity (Wildman–Crippen MR) is 85.1 cm³/mol. The lowest BCUT2D eigenvalue weighted by molar-refractivity contribution is 0.632. The van der Waals surface area contributed by atoms with Gasteiger partial charge in [0.15, 0.2) is 0 Å². The molecule has 108 valence electrons. The van der Waals surface area contributed by atoms with E-state index in [0.717, 1.165) is 12.2 Å². The lowest BCUT2D eigenvalue weighted by Crippen LogP contribution is -2.23. The van der Waals surface area contributed by atoms with Crippen molar-refractivity contribution in [2.75, 3.05) is 18.6 Å². The van der Waals surface area contributed by atoms with Crippen LogP contribution in [-0.4, -0.2) is 22.8 Å². The zero-order chi connectivity index (χ0) is 14.3. The first kappa shape index (κ1) is 16.4. The smallest absolute Gasteiger partial charge is 0.0434 e.